The van der Waals surface area contributed by atoms with Crippen LogP contribution in [0.3, 0.4) is 0 Å². The molecule has 0 saturated heterocycles. The predicted molar refractivity (Wildman–Crippen MR) is 119 cm³/mol. The summed E-state index contributed by atoms with van der Waals surface area (Å²) in [6, 6.07) is 3.29. The van der Waals surface area contributed by atoms with Crippen molar-refractivity contribution in [3.05, 3.63) is 45.7 Å². The van der Waals surface area contributed by atoms with Crippen LogP contribution >= 0.6 is 0 Å². The lowest BCUT2D eigenvalue weighted by Crippen LogP contribution is -2.18. The summed E-state index contributed by atoms with van der Waals surface area (Å²) in [5.41, 5.74) is 6.58. The third-order valence-corrected chi connectivity index (χ3v) is 7.56. The molecular formula is C23H31N3O3S. The minimum absolute atomic E-state index is 0.0391. The lowest BCUT2D eigenvalue weighted by atomic mass is 9.87. The third kappa shape index (κ3) is 3.69. The van der Waals surface area contributed by atoms with Crippen LogP contribution in [0.2, 0.25) is 0 Å². The summed E-state index contributed by atoms with van der Waals surface area (Å²) in [5.74, 6) is 1.12. The zero-order chi connectivity index (χ0) is 21.8. The number of urea groups is 1. The van der Waals surface area contributed by atoms with Gasteiger partial charge in [-0.1, -0.05) is 33.8 Å². The Bertz CT molecular complexity index is 1150. The van der Waals surface area contributed by atoms with Gasteiger partial charge >= 0.3 is 6.03 Å². The number of rotatable bonds is 2. The number of anilines is 1. The van der Waals surface area contributed by atoms with Crippen molar-refractivity contribution in [1.82, 2.24) is 0 Å². The highest BCUT2D eigenvalue weighted by Crippen LogP contribution is 2.43. The minimum atomic E-state index is -3.48. The number of carbonyl (C=O) groups is 1. The normalized spacial score (nSPS) is 19.9. The van der Waals surface area contributed by atoms with Gasteiger partial charge in [0, 0.05) is 5.69 Å². The van der Waals surface area contributed by atoms with Crippen LogP contribution in [0.1, 0.15) is 80.0 Å². The zero-order valence-corrected chi connectivity index (χ0v) is 19.2. The van der Waals surface area contributed by atoms with Crippen LogP contribution < -0.4 is 10.5 Å². The van der Waals surface area contributed by atoms with Crippen molar-refractivity contribution >= 4 is 21.6 Å². The summed E-state index contributed by atoms with van der Waals surface area (Å²) in [7, 11) is -3.48. The Labute approximate surface area is 178 Å². The summed E-state index contributed by atoms with van der Waals surface area (Å²) in [5, 5.41) is 8.95. The van der Waals surface area contributed by atoms with Crippen LogP contribution in [0.5, 0.6) is 0 Å². The number of furan rings is 1. The molecule has 2 aliphatic rings. The lowest BCUT2D eigenvalue weighted by Gasteiger charge is -2.16. The maximum atomic E-state index is 13.1. The van der Waals surface area contributed by atoms with Gasteiger partial charge in [-0.2, -0.15) is 0 Å². The number of nitrogens with one attached hydrogen (secondary N) is 1. The van der Waals surface area contributed by atoms with E-state index < -0.39 is 15.9 Å². The van der Waals surface area contributed by atoms with E-state index in [4.69, 9.17) is 9.56 Å². The van der Waals surface area contributed by atoms with Gasteiger partial charge in [-0.25, -0.2) is 14.1 Å². The van der Waals surface area contributed by atoms with E-state index in [0.29, 0.717) is 11.7 Å². The fraction of sp³-hybridized carbons (Fsp3) is 0.522. The van der Waals surface area contributed by atoms with E-state index in [-0.39, 0.29) is 10.5 Å². The number of hydrogen-bond acceptors (Lipinski definition) is 3. The first-order valence-corrected chi connectivity index (χ1v) is 12.2. The SMILES string of the molecule is Cc1oc(S(N)(=O)=NC(=O)Nc2c3c(cc4c2CC[C@H]4C)CCC3)cc1C(C)(C)C. The second kappa shape index (κ2) is 7.24. The van der Waals surface area contributed by atoms with Gasteiger partial charge in [0.15, 0.2) is 9.92 Å². The first kappa shape index (κ1) is 21.1. The van der Waals surface area contributed by atoms with Gasteiger partial charge in [-0.05, 0) is 84.2 Å². The largest absolute Gasteiger partial charge is 0.450 e. The van der Waals surface area contributed by atoms with E-state index >= 15 is 0 Å². The van der Waals surface area contributed by atoms with Gasteiger partial charge < -0.3 is 9.73 Å². The fourth-order valence-electron chi connectivity index (χ4n) is 4.83. The van der Waals surface area contributed by atoms with Crippen LogP contribution in [0, 0.1) is 6.92 Å². The second-order valence-corrected chi connectivity index (χ2v) is 11.3. The van der Waals surface area contributed by atoms with E-state index in [2.05, 4.69) is 22.7 Å². The molecule has 0 bridgehead atoms. The molecule has 162 valence electrons. The molecule has 1 aromatic carbocycles. The second-order valence-electron chi connectivity index (χ2n) is 9.63. The first-order chi connectivity index (χ1) is 14.0. The molecular weight excluding hydrogens is 398 g/mol. The molecule has 1 heterocycles. The Hall–Kier alpha value is -2.12. The number of benzene rings is 1. The maximum Gasteiger partial charge on any atom is 0.354 e. The van der Waals surface area contributed by atoms with Crippen LogP contribution in [-0.4, -0.2) is 10.2 Å². The highest BCUT2D eigenvalue weighted by molar-refractivity contribution is 7.91. The molecule has 3 N–H and O–H groups in total. The molecule has 4 rings (SSSR count). The molecule has 30 heavy (non-hydrogen) atoms. The minimum Gasteiger partial charge on any atom is -0.450 e. The molecule has 2 atom stereocenters. The van der Waals surface area contributed by atoms with Crippen LogP contribution in [0.4, 0.5) is 10.5 Å². The van der Waals surface area contributed by atoms with E-state index in [1.165, 1.54) is 22.3 Å². The molecule has 0 spiro atoms. The Morgan fingerprint density at radius 3 is 2.63 bits per heavy atom. The smallest absolute Gasteiger partial charge is 0.354 e. The molecule has 2 aliphatic carbocycles. The number of nitrogens with two attached hydrogens (primary N) is 1. The molecule has 2 aromatic rings. The Balaban J connectivity index is 1.68. The molecule has 0 aliphatic heterocycles. The number of aryl methyl sites for hydroxylation is 2. The average molecular weight is 430 g/mol. The van der Waals surface area contributed by atoms with Crippen molar-refractivity contribution < 1.29 is 13.4 Å². The number of carbonyl (C=O) groups excluding carboxylic acids is 1. The Morgan fingerprint density at radius 2 is 1.97 bits per heavy atom. The van der Waals surface area contributed by atoms with Gasteiger partial charge in [-0.15, -0.1) is 4.36 Å². The van der Waals surface area contributed by atoms with Crippen LogP contribution in [-0.2, 0) is 34.6 Å². The number of hydrogen-bond donors (Lipinski definition) is 2. The van der Waals surface area contributed by atoms with Crippen molar-refractivity contribution in [3.63, 3.8) is 0 Å². The molecule has 1 unspecified atom stereocenters. The number of nitrogens with zero attached hydrogens (tertiary/aromatic N) is 1. The summed E-state index contributed by atoms with van der Waals surface area (Å²) >= 11 is 0. The summed E-state index contributed by atoms with van der Waals surface area (Å²) < 4.78 is 22.5. The van der Waals surface area contributed by atoms with Gasteiger partial charge in [-0.3, -0.25) is 0 Å². The summed E-state index contributed by atoms with van der Waals surface area (Å²) in [6.07, 6.45) is 5.07. The quantitative estimate of drug-likeness (QED) is 0.672. The van der Waals surface area contributed by atoms with Gasteiger partial charge in [0.2, 0.25) is 5.09 Å². The van der Waals surface area contributed by atoms with Crippen molar-refractivity contribution in [1.29, 1.82) is 0 Å². The molecule has 6 nitrogen and oxygen atoms in total. The fourth-order valence-corrected chi connectivity index (χ4v) is 5.74. The Kier molecular flexibility index (Phi) is 5.10. The lowest BCUT2D eigenvalue weighted by molar-refractivity contribution is 0.260. The molecule has 0 fully saturated rings. The number of amides is 2. The van der Waals surface area contributed by atoms with Crippen LogP contribution in [0.25, 0.3) is 0 Å². The highest BCUT2D eigenvalue weighted by Gasteiger charge is 2.29. The predicted octanol–water partition coefficient (Wildman–Crippen LogP) is 5.36. The van der Waals surface area contributed by atoms with Gasteiger partial charge in [0.25, 0.3) is 0 Å². The topological polar surface area (TPSA) is 97.7 Å². The van der Waals surface area contributed by atoms with Crippen molar-refractivity contribution in [2.45, 2.75) is 83.1 Å². The maximum absolute atomic E-state index is 13.1. The number of fused-ring (bicyclic) bond motifs is 2. The van der Waals surface area contributed by atoms with Crippen molar-refractivity contribution in [3.8, 4) is 0 Å². The molecule has 2 amide bonds. The van der Waals surface area contributed by atoms with E-state index in [1.54, 1.807) is 13.0 Å². The summed E-state index contributed by atoms with van der Waals surface area (Å²) in [4.78, 5) is 12.8. The average Bonchev–Trinajstić information content (AvgIpc) is 3.33. The van der Waals surface area contributed by atoms with Crippen molar-refractivity contribution in [2.24, 2.45) is 9.50 Å². The van der Waals surface area contributed by atoms with E-state index in [9.17, 15) is 9.00 Å². The highest BCUT2D eigenvalue weighted by atomic mass is 32.2. The zero-order valence-electron chi connectivity index (χ0n) is 18.4. The molecule has 7 heteroatoms. The van der Waals surface area contributed by atoms with Crippen LogP contribution in [0.15, 0.2) is 26.0 Å². The first-order valence-electron chi connectivity index (χ1n) is 10.6. The van der Waals surface area contributed by atoms with Gasteiger partial charge in [0.1, 0.15) is 5.76 Å². The standard InChI is InChI=1S/C23H31N3O3S/c1-13-9-10-17-18(13)11-15-7-6-8-16(15)21(17)25-22(27)26-30(24,28)20-12-19(14(2)29-20)23(3,4)5/h11-13H,6-10H2,1-5H3,(H3,24,25,26,27,28)/t13-,30?/m1/s1. The van der Waals surface area contributed by atoms with Crippen molar-refractivity contribution in [2.75, 3.05) is 5.32 Å². The molecule has 1 aromatic heterocycles. The monoisotopic (exact) mass is 429 g/mol. The Morgan fingerprint density at radius 1 is 1.23 bits per heavy atom. The van der Waals surface area contributed by atoms with E-state index in [0.717, 1.165) is 43.4 Å². The summed E-state index contributed by atoms with van der Waals surface area (Å²) in [6.45, 7) is 10.1. The third-order valence-electron chi connectivity index (χ3n) is 6.34. The molecule has 0 saturated carbocycles. The molecule has 0 radical (unpaired) electrons. The van der Waals surface area contributed by atoms with Gasteiger partial charge in [0.05, 0.1) is 0 Å². The van der Waals surface area contributed by atoms with E-state index in [1.807, 2.05) is 20.8 Å².